The maximum atomic E-state index is 11.2. The van der Waals surface area contributed by atoms with E-state index in [4.69, 9.17) is 4.74 Å². The van der Waals surface area contributed by atoms with Gasteiger partial charge in [0, 0.05) is 7.05 Å². The van der Waals surface area contributed by atoms with E-state index in [2.05, 4.69) is 15.4 Å². The van der Waals surface area contributed by atoms with Gasteiger partial charge in [-0.05, 0) is 20.8 Å². The third-order valence-corrected chi connectivity index (χ3v) is 1.21. The quantitative estimate of drug-likeness (QED) is 0.735. The van der Waals surface area contributed by atoms with Crippen LogP contribution in [-0.2, 0) is 11.8 Å². The van der Waals surface area contributed by atoms with Crippen LogP contribution in [0.25, 0.3) is 0 Å². The van der Waals surface area contributed by atoms with Gasteiger partial charge in [-0.15, -0.1) is 5.10 Å². The summed E-state index contributed by atoms with van der Waals surface area (Å²) in [5, 5.41) is 6.29. The summed E-state index contributed by atoms with van der Waals surface area (Å²) in [6, 6.07) is 0. The van der Waals surface area contributed by atoms with Gasteiger partial charge in [-0.3, -0.25) is 10.00 Å². The van der Waals surface area contributed by atoms with Gasteiger partial charge in [-0.2, -0.15) is 0 Å². The Morgan fingerprint density at radius 1 is 1.57 bits per heavy atom. The Bertz CT molecular complexity index is 326. The maximum absolute atomic E-state index is 11.2. The fourth-order valence-electron chi connectivity index (χ4n) is 0.791. The van der Waals surface area contributed by atoms with Crippen LogP contribution in [0.2, 0.25) is 0 Å². The fourth-order valence-corrected chi connectivity index (χ4v) is 0.791. The number of nitrogens with zero attached hydrogens (tertiary/aromatic N) is 3. The molecule has 0 atom stereocenters. The maximum Gasteiger partial charge on any atom is 0.414 e. The van der Waals surface area contributed by atoms with Crippen molar-refractivity contribution >= 4 is 12.0 Å². The molecule has 6 nitrogen and oxygen atoms in total. The Labute approximate surface area is 82.3 Å². The zero-order valence-corrected chi connectivity index (χ0v) is 8.74. The molecule has 78 valence electrons. The fraction of sp³-hybridized carbons (Fsp3) is 0.625. The van der Waals surface area contributed by atoms with Crippen LogP contribution < -0.4 is 5.32 Å². The monoisotopic (exact) mass is 198 g/mol. The Kier molecular flexibility index (Phi) is 2.73. The number of carbonyl (C=O) groups is 1. The van der Waals surface area contributed by atoms with Crippen LogP contribution in [0.4, 0.5) is 10.7 Å². The first kappa shape index (κ1) is 10.5. The molecule has 1 aromatic heterocycles. The van der Waals surface area contributed by atoms with Crippen molar-refractivity contribution in [3.8, 4) is 0 Å². The predicted octanol–water partition coefficient (Wildman–Crippen LogP) is 1.16. The molecule has 0 saturated carbocycles. The summed E-state index contributed by atoms with van der Waals surface area (Å²) in [6.45, 7) is 5.37. The van der Waals surface area contributed by atoms with Crippen LogP contribution in [0.3, 0.4) is 0 Å². The molecule has 1 heterocycles. The number of rotatable bonds is 1. The number of hydrogen-bond donors (Lipinski definition) is 1. The average molecular weight is 198 g/mol. The van der Waals surface area contributed by atoms with E-state index in [1.54, 1.807) is 27.8 Å². The third-order valence-electron chi connectivity index (χ3n) is 1.21. The molecule has 0 radical (unpaired) electrons. The summed E-state index contributed by atoms with van der Waals surface area (Å²) >= 11 is 0. The van der Waals surface area contributed by atoms with E-state index in [-0.39, 0.29) is 5.95 Å². The molecular weight excluding hydrogens is 184 g/mol. The number of amides is 1. The first-order chi connectivity index (χ1) is 6.37. The van der Waals surface area contributed by atoms with Gasteiger partial charge >= 0.3 is 6.09 Å². The summed E-state index contributed by atoms with van der Waals surface area (Å²) < 4.78 is 6.50. The minimum atomic E-state index is -0.552. The van der Waals surface area contributed by atoms with Crippen molar-refractivity contribution in [3.05, 3.63) is 6.33 Å². The van der Waals surface area contributed by atoms with Crippen LogP contribution in [-0.4, -0.2) is 26.5 Å². The molecule has 0 aliphatic rings. The lowest BCUT2D eigenvalue weighted by atomic mass is 10.2. The first-order valence-electron chi connectivity index (χ1n) is 4.22. The lowest BCUT2D eigenvalue weighted by Crippen LogP contribution is -2.27. The number of ether oxygens (including phenoxy) is 1. The van der Waals surface area contributed by atoms with Gasteiger partial charge in [0.25, 0.3) is 5.95 Å². The lowest BCUT2D eigenvalue weighted by molar-refractivity contribution is 0.0634. The molecule has 1 amide bonds. The highest BCUT2D eigenvalue weighted by Crippen LogP contribution is 2.08. The predicted molar refractivity (Wildman–Crippen MR) is 50.9 cm³/mol. The van der Waals surface area contributed by atoms with E-state index in [1.165, 1.54) is 11.0 Å². The molecule has 0 bridgehead atoms. The van der Waals surface area contributed by atoms with Gasteiger partial charge in [0.2, 0.25) is 0 Å². The van der Waals surface area contributed by atoms with Crippen molar-refractivity contribution in [1.82, 2.24) is 14.8 Å². The lowest BCUT2D eigenvalue weighted by Gasteiger charge is -2.18. The highest BCUT2D eigenvalue weighted by Gasteiger charge is 2.16. The standard InChI is InChI=1S/C8H14N4O2/c1-8(2,3)14-7(13)10-6-9-5-12(4)11-6/h5H,1-4H3,(H,10,11,13). The van der Waals surface area contributed by atoms with E-state index in [9.17, 15) is 4.79 Å². The zero-order chi connectivity index (χ0) is 10.8. The Morgan fingerprint density at radius 2 is 2.21 bits per heavy atom. The minimum Gasteiger partial charge on any atom is -0.444 e. The molecule has 0 spiro atoms. The number of aryl methyl sites for hydroxylation is 1. The number of carbonyl (C=O) groups excluding carboxylic acids is 1. The summed E-state index contributed by atoms with van der Waals surface area (Å²) in [5.41, 5.74) is -0.515. The molecule has 1 rings (SSSR count). The van der Waals surface area contributed by atoms with Gasteiger partial charge in [0.05, 0.1) is 0 Å². The molecule has 14 heavy (non-hydrogen) atoms. The molecule has 0 unspecified atom stereocenters. The van der Waals surface area contributed by atoms with Gasteiger partial charge in [-0.1, -0.05) is 0 Å². The van der Waals surface area contributed by atoms with E-state index in [0.717, 1.165) is 0 Å². The van der Waals surface area contributed by atoms with Crippen molar-refractivity contribution in [1.29, 1.82) is 0 Å². The molecule has 1 aromatic rings. The third kappa shape index (κ3) is 3.42. The van der Waals surface area contributed by atoms with Gasteiger partial charge in [0.1, 0.15) is 11.9 Å². The molecule has 0 aliphatic heterocycles. The van der Waals surface area contributed by atoms with E-state index >= 15 is 0 Å². The summed E-state index contributed by atoms with van der Waals surface area (Å²) in [4.78, 5) is 15.0. The Hall–Kier alpha value is -1.59. The van der Waals surface area contributed by atoms with Crippen LogP contribution in [0.15, 0.2) is 6.33 Å². The minimum absolute atomic E-state index is 0.238. The zero-order valence-electron chi connectivity index (χ0n) is 8.74. The Balaban J connectivity index is 2.50. The summed E-state index contributed by atoms with van der Waals surface area (Å²) in [6.07, 6.45) is 0.941. The molecule has 0 saturated heterocycles. The molecule has 0 fully saturated rings. The van der Waals surface area contributed by atoms with Crippen LogP contribution >= 0.6 is 0 Å². The van der Waals surface area contributed by atoms with Gasteiger partial charge in [0.15, 0.2) is 0 Å². The molecular formula is C8H14N4O2. The SMILES string of the molecule is Cn1cnc(NC(=O)OC(C)(C)C)n1. The molecule has 0 aliphatic carbocycles. The number of anilines is 1. The number of hydrogen-bond acceptors (Lipinski definition) is 4. The van der Waals surface area contributed by atoms with Crippen molar-refractivity contribution in [2.75, 3.05) is 5.32 Å². The van der Waals surface area contributed by atoms with Crippen molar-refractivity contribution < 1.29 is 9.53 Å². The first-order valence-corrected chi connectivity index (χ1v) is 4.22. The molecule has 1 N–H and O–H groups in total. The van der Waals surface area contributed by atoms with Crippen molar-refractivity contribution in [2.24, 2.45) is 7.05 Å². The molecule has 0 aromatic carbocycles. The van der Waals surface area contributed by atoms with Crippen molar-refractivity contribution in [2.45, 2.75) is 26.4 Å². The number of nitrogens with one attached hydrogen (secondary N) is 1. The van der Waals surface area contributed by atoms with Gasteiger partial charge < -0.3 is 4.74 Å². The normalized spacial score (nSPS) is 11.1. The highest BCUT2D eigenvalue weighted by atomic mass is 16.6. The Morgan fingerprint density at radius 3 is 2.64 bits per heavy atom. The van der Waals surface area contributed by atoms with E-state index in [1.807, 2.05) is 0 Å². The average Bonchev–Trinajstić information content (AvgIpc) is 2.30. The summed E-state index contributed by atoms with van der Waals surface area (Å²) in [7, 11) is 1.72. The smallest absolute Gasteiger partial charge is 0.414 e. The number of aromatic nitrogens is 3. The van der Waals surface area contributed by atoms with Gasteiger partial charge in [-0.25, -0.2) is 9.78 Å². The highest BCUT2D eigenvalue weighted by molar-refractivity contribution is 5.82. The second kappa shape index (κ2) is 3.65. The largest absolute Gasteiger partial charge is 0.444 e. The molecule has 6 heteroatoms. The van der Waals surface area contributed by atoms with E-state index < -0.39 is 11.7 Å². The van der Waals surface area contributed by atoms with Crippen LogP contribution in [0.1, 0.15) is 20.8 Å². The topological polar surface area (TPSA) is 69.0 Å². The second-order valence-corrected chi connectivity index (χ2v) is 3.87. The van der Waals surface area contributed by atoms with E-state index in [0.29, 0.717) is 0 Å². The van der Waals surface area contributed by atoms with Crippen LogP contribution in [0.5, 0.6) is 0 Å². The summed E-state index contributed by atoms with van der Waals surface area (Å²) in [5.74, 6) is 0.238. The van der Waals surface area contributed by atoms with Crippen molar-refractivity contribution in [3.63, 3.8) is 0 Å². The second-order valence-electron chi connectivity index (χ2n) is 3.87. The van der Waals surface area contributed by atoms with Crippen LogP contribution in [0, 0.1) is 0 Å².